The molecular formula is C23H25N5O5. The van der Waals surface area contributed by atoms with E-state index in [1.807, 2.05) is 54.7 Å². The van der Waals surface area contributed by atoms with E-state index in [0.29, 0.717) is 6.42 Å². The highest BCUT2D eigenvalue weighted by atomic mass is 16.4. The Morgan fingerprint density at radius 1 is 0.818 bits per heavy atom. The predicted octanol–water partition coefficient (Wildman–Crippen LogP) is 1.95. The van der Waals surface area contributed by atoms with E-state index in [-0.39, 0.29) is 6.42 Å². The molecule has 4 rings (SSSR count). The van der Waals surface area contributed by atoms with Crippen LogP contribution in [-0.4, -0.2) is 50.2 Å². The summed E-state index contributed by atoms with van der Waals surface area (Å²) in [7, 11) is 0. The van der Waals surface area contributed by atoms with E-state index in [4.69, 9.17) is 21.7 Å². The molecule has 2 aromatic heterocycles. The van der Waals surface area contributed by atoms with Crippen molar-refractivity contribution in [2.45, 2.75) is 24.9 Å². The van der Waals surface area contributed by atoms with Crippen molar-refractivity contribution in [1.82, 2.24) is 15.3 Å². The Kier molecular flexibility index (Phi) is 7.31. The molecule has 0 aliphatic rings. The van der Waals surface area contributed by atoms with Gasteiger partial charge < -0.3 is 37.0 Å². The lowest BCUT2D eigenvalue weighted by Crippen LogP contribution is -2.44. The van der Waals surface area contributed by atoms with E-state index in [1.54, 1.807) is 6.20 Å². The molecule has 0 saturated carbocycles. The number of aromatic nitrogens is 2. The highest BCUT2D eigenvalue weighted by molar-refractivity contribution is 5.86. The van der Waals surface area contributed by atoms with E-state index >= 15 is 0 Å². The van der Waals surface area contributed by atoms with Crippen LogP contribution in [0.2, 0.25) is 0 Å². The highest BCUT2D eigenvalue weighted by Gasteiger charge is 2.20. The van der Waals surface area contributed by atoms with Crippen molar-refractivity contribution in [1.29, 1.82) is 0 Å². The van der Waals surface area contributed by atoms with Gasteiger partial charge in [-0.25, -0.2) is 9.59 Å². The fraction of sp³-hybridized carbons (Fsp3) is 0.174. The lowest BCUT2D eigenvalue weighted by molar-refractivity contribution is -0.139. The minimum atomic E-state index is -1.11. The van der Waals surface area contributed by atoms with Crippen LogP contribution >= 0.6 is 0 Å². The Morgan fingerprint density at radius 3 is 1.76 bits per heavy atom. The normalized spacial score (nSPS) is 12.5. The van der Waals surface area contributed by atoms with Gasteiger partial charge >= 0.3 is 18.0 Å². The molecule has 2 aromatic carbocycles. The molecule has 2 atom stereocenters. The zero-order valence-electron chi connectivity index (χ0n) is 17.6. The number of carbonyl (C=O) groups excluding carboxylic acids is 1. The quantitative estimate of drug-likeness (QED) is 0.225. The summed E-state index contributed by atoms with van der Waals surface area (Å²) >= 11 is 0. The van der Waals surface area contributed by atoms with Gasteiger partial charge in [0, 0.05) is 47.0 Å². The molecule has 4 aromatic rings. The number of nitrogens with two attached hydrogens (primary N) is 2. The smallest absolute Gasteiger partial charge is 0.326 e. The number of fused-ring (bicyclic) bond motifs is 2. The van der Waals surface area contributed by atoms with Gasteiger partial charge in [0.25, 0.3) is 0 Å². The lowest BCUT2D eigenvalue weighted by atomic mass is 10.1. The molecule has 0 aliphatic heterocycles. The molecule has 172 valence electrons. The second-order valence-corrected chi connectivity index (χ2v) is 7.47. The first-order chi connectivity index (χ1) is 15.8. The minimum absolute atomic E-state index is 0.183. The van der Waals surface area contributed by atoms with Crippen molar-refractivity contribution in [3.05, 3.63) is 72.1 Å². The van der Waals surface area contributed by atoms with E-state index in [9.17, 15) is 14.4 Å². The molecule has 1 unspecified atom stereocenters. The molecular weight excluding hydrogens is 426 g/mol. The van der Waals surface area contributed by atoms with Crippen LogP contribution in [0.3, 0.4) is 0 Å². The molecule has 10 nitrogen and oxygen atoms in total. The number of carboxylic acid groups (broad SMARTS) is 2. The van der Waals surface area contributed by atoms with Gasteiger partial charge in [-0.2, -0.15) is 0 Å². The number of H-pyrrole nitrogens is 2. The van der Waals surface area contributed by atoms with Crippen molar-refractivity contribution in [2.24, 2.45) is 11.5 Å². The summed E-state index contributed by atoms with van der Waals surface area (Å²) in [6.45, 7) is 0. The van der Waals surface area contributed by atoms with Crippen molar-refractivity contribution in [3.8, 4) is 0 Å². The third kappa shape index (κ3) is 5.89. The first-order valence-electron chi connectivity index (χ1n) is 10.1. The molecule has 2 heterocycles. The zero-order chi connectivity index (χ0) is 24.0. The molecule has 33 heavy (non-hydrogen) atoms. The minimum Gasteiger partial charge on any atom is -0.480 e. The monoisotopic (exact) mass is 451 g/mol. The lowest BCUT2D eigenvalue weighted by Gasteiger charge is -2.12. The number of aliphatic carboxylic acids is 2. The van der Waals surface area contributed by atoms with E-state index < -0.39 is 30.1 Å². The summed E-state index contributed by atoms with van der Waals surface area (Å²) in [5.41, 5.74) is 14.1. The van der Waals surface area contributed by atoms with Gasteiger partial charge in [-0.05, 0) is 23.3 Å². The molecule has 10 heteroatoms. The topological polar surface area (TPSA) is 187 Å². The summed E-state index contributed by atoms with van der Waals surface area (Å²) in [6, 6.07) is 12.6. The van der Waals surface area contributed by atoms with Gasteiger partial charge in [0.05, 0.1) is 0 Å². The summed E-state index contributed by atoms with van der Waals surface area (Å²) < 4.78 is 0. The average molecular weight is 451 g/mol. The number of benzene rings is 2. The van der Waals surface area contributed by atoms with Gasteiger partial charge in [-0.3, -0.25) is 4.79 Å². The molecule has 9 N–H and O–H groups in total. The zero-order valence-corrected chi connectivity index (χ0v) is 17.6. The van der Waals surface area contributed by atoms with Gasteiger partial charge in [0.2, 0.25) is 0 Å². The standard InChI is InChI=1S/C12H13N3O3.C11H12N2O2/c13-12(18)15-10(11(16)17)5-7-6-14-9-4-2-1-3-8(7)9;12-9(11(14)15)5-7-6-13-10-4-2-1-3-8(7)10/h1-4,6,10,14H,5H2,(H,16,17)(H3,13,15,18);1-4,6,9,13H,5,12H2,(H,14,15)/t;9-/m.0/s1. The van der Waals surface area contributed by atoms with E-state index in [1.165, 1.54) is 0 Å². The van der Waals surface area contributed by atoms with Crippen LogP contribution < -0.4 is 16.8 Å². The SMILES string of the molecule is NC(=O)NC(Cc1c[nH]c2ccccc12)C(=O)O.N[C@@H](Cc1c[nH]c2ccccc12)C(=O)O. The van der Waals surface area contributed by atoms with Crippen molar-refractivity contribution < 1.29 is 24.6 Å². The number of amides is 2. The van der Waals surface area contributed by atoms with Crippen molar-refractivity contribution >= 4 is 39.8 Å². The van der Waals surface area contributed by atoms with Gasteiger partial charge in [0.1, 0.15) is 12.1 Å². The largest absolute Gasteiger partial charge is 0.480 e. The molecule has 2 amide bonds. The average Bonchev–Trinajstić information content (AvgIpc) is 3.38. The van der Waals surface area contributed by atoms with Gasteiger partial charge in [-0.15, -0.1) is 0 Å². The maximum atomic E-state index is 11.0. The number of carbonyl (C=O) groups is 3. The third-order valence-corrected chi connectivity index (χ3v) is 5.15. The Balaban J connectivity index is 0.000000189. The number of nitrogens with one attached hydrogen (secondary N) is 3. The Morgan fingerprint density at radius 2 is 1.30 bits per heavy atom. The molecule has 0 bridgehead atoms. The van der Waals surface area contributed by atoms with Gasteiger partial charge in [-0.1, -0.05) is 36.4 Å². The number of carboxylic acids is 2. The number of hydrogen-bond donors (Lipinski definition) is 7. The van der Waals surface area contributed by atoms with Crippen LogP contribution in [0.1, 0.15) is 11.1 Å². The molecule has 0 spiro atoms. The number of primary amides is 1. The van der Waals surface area contributed by atoms with Crippen LogP contribution in [0.5, 0.6) is 0 Å². The fourth-order valence-corrected chi connectivity index (χ4v) is 3.52. The summed E-state index contributed by atoms with van der Waals surface area (Å²) in [5, 5.41) is 21.9. The maximum Gasteiger partial charge on any atom is 0.326 e. The number of hydrogen-bond acceptors (Lipinski definition) is 4. The van der Waals surface area contributed by atoms with Crippen molar-refractivity contribution in [3.63, 3.8) is 0 Å². The second-order valence-electron chi connectivity index (χ2n) is 7.47. The van der Waals surface area contributed by atoms with Crippen LogP contribution in [0.25, 0.3) is 21.8 Å². The second kappa shape index (κ2) is 10.3. The Labute approximate surface area is 188 Å². The summed E-state index contributed by atoms with van der Waals surface area (Å²) in [5.74, 6) is -2.08. The molecule has 0 saturated heterocycles. The molecule has 0 aliphatic carbocycles. The van der Waals surface area contributed by atoms with Crippen LogP contribution in [0.15, 0.2) is 60.9 Å². The maximum absolute atomic E-state index is 11.0. The Hall–Kier alpha value is -4.31. The first kappa shape index (κ1) is 23.4. The third-order valence-electron chi connectivity index (χ3n) is 5.15. The fourth-order valence-electron chi connectivity index (χ4n) is 3.52. The molecule has 0 radical (unpaired) electrons. The summed E-state index contributed by atoms with van der Waals surface area (Å²) in [6.07, 6.45) is 4.08. The van der Waals surface area contributed by atoms with Crippen LogP contribution in [-0.2, 0) is 22.4 Å². The molecule has 0 fully saturated rings. The first-order valence-corrected chi connectivity index (χ1v) is 10.1. The predicted molar refractivity (Wildman–Crippen MR) is 124 cm³/mol. The van der Waals surface area contributed by atoms with Crippen LogP contribution in [0, 0.1) is 0 Å². The number of urea groups is 1. The summed E-state index contributed by atoms with van der Waals surface area (Å²) in [4.78, 5) is 38.5. The number of para-hydroxylation sites is 2. The highest BCUT2D eigenvalue weighted by Crippen LogP contribution is 2.19. The Bertz CT molecular complexity index is 1280. The van der Waals surface area contributed by atoms with Crippen molar-refractivity contribution in [2.75, 3.05) is 0 Å². The number of rotatable bonds is 7. The van der Waals surface area contributed by atoms with Gasteiger partial charge in [0.15, 0.2) is 0 Å². The number of aromatic amines is 2. The van der Waals surface area contributed by atoms with E-state index in [0.717, 1.165) is 32.9 Å². The van der Waals surface area contributed by atoms with Crippen LogP contribution in [0.4, 0.5) is 4.79 Å². The van der Waals surface area contributed by atoms with E-state index in [2.05, 4.69) is 15.3 Å².